The molecule has 12 rings (SSSR count). The fourth-order valence-corrected chi connectivity index (χ4v) is 10.7. The van der Waals surface area contributed by atoms with Crippen LogP contribution in [0.5, 0.6) is 0 Å². The van der Waals surface area contributed by atoms with Crippen LogP contribution in [0.2, 0.25) is 0 Å². The van der Waals surface area contributed by atoms with Crippen LogP contribution in [-0.2, 0) is 0 Å². The van der Waals surface area contributed by atoms with Crippen molar-refractivity contribution in [2.75, 3.05) is 0 Å². The average Bonchev–Trinajstić information content (AvgIpc) is 3.74. The molecule has 3 heterocycles. The third-order valence-corrected chi connectivity index (χ3v) is 13.4. The Kier molecular flexibility index (Phi) is 8.39. The number of pyridine rings is 2. The van der Waals surface area contributed by atoms with Gasteiger partial charge < -0.3 is 0 Å². The summed E-state index contributed by atoms with van der Waals surface area (Å²) in [7, 11) is 0. The van der Waals surface area contributed by atoms with E-state index in [-0.39, 0.29) is 0 Å². The Morgan fingerprint density at radius 1 is 0.311 bits per heavy atom. The summed E-state index contributed by atoms with van der Waals surface area (Å²) >= 11 is 1.90. The summed E-state index contributed by atoms with van der Waals surface area (Å²) in [6.07, 6.45) is 1.85. The maximum Gasteiger partial charge on any atom is 0.0972 e. The van der Waals surface area contributed by atoms with Crippen molar-refractivity contribution >= 4 is 65.5 Å². The zero-order valence-electron chi connectivity index (χ0n) is 33.1. The summed E-state index contributed by atoms with van der Waals surface area (Å²) in [5.41, 5.74) is 13.7. The first-order valence-electron chi connectivity index (χ1n) is 20.7. The predicted octanol–water partition coefficient (Wildman–Crippen LogP) is 16.3. The van der Waals surface area contributed by atoms with Crippen LogP contribution in [0.4, 0.5) is 0 Å². The van der Waals surface area contributed by atoms with Crippen molar-refractivity contribution in [2.24, 2.45) is 0 Å². The van der Waals surface area contributed by atoms with E-state index in [0.717, 1.165) is 33.1 Å². The number of nitrogens with zero attached hydrogens (tertiary/aromatic N) is 2. The highest BCUT2D eigenvalue weighted by atomic mass is 32.1. The molecule has 0 radical (unpaired) electrons. The Labute approximate surface area is 357 Å². The van der Waals surface area contributed by atoms with Gasteiger partial charge in [-0.2, -0.15) is 0 Å². The van der Waals surface area contributed by atoms with Gasteiger partial charge in [-0.25, -0.2) is 4.98 Å². The second-order valence-electron chi connectivity index (χ2n) is 15.6. The van der Waals surface area contributed by atoms with Gasteiger partial charge in [0, 0.05) is 49.0 Å². The Morgan fingerprint density at radius 2 is 0.836 bits per heavy atom. The molecule has 0 unspecified atom stereocenters. The van der Waals surface area contributed by atoms with Gasteiger partial charge in [0.25, 0.3) is 0 Å². The maximum atomic E-state index is 5.23. The fourth-order valence-electron chi connectivity index (χ4n) is 9.28. The maximum absolute atomic E-state index is 5.23. The zero-order valence-corrected chi connectivity index (χ0v) is 33.9. The first kappa shape index (κ1) is 35.2. The van der Waals surface area contributed by atoms with Gasteiger partial charge in [0.05, 0.1) is 16.7 Å². The van der Waals surface area contributed by atoms with Gasteiger partial charge in [-0.05, 0) is 78.3 Å². The molecule has 2 nitrogen and oxygen atoms in total. The molecular formula is C58H36N2S. The van der Waals surface area contributed by atoms with Gasteiger partial charge in [0.1, 0.15) is 0 Å². The monoisotopic (exact) mass is 792 g/mol. The van der Waals surface area contributed by atoms with E-state index in [1.807, 2.05) is 23.6 Å². The molecule has 3 aromatic heterocycles. The average molecular weight is 793 g/mol. The third kappa shape index (κ3) is 5.93. The number of thiophene rings is 1. The Balaban J connectivity index is 1.04. The van der Waals surface area contributed by atoms with Gasteiger partial charge in [-0.15, -0.1) is 11.3 Å². The fraction of sp³-hybridized carbons (Fsp3) is 0. The van der Waals surface area contributed by atoms with Crippen LogP contribution >= 0.6 is 11.3 Å². The summed E-state index contributed by atoms with van der Waals surface area (Å²) in [5, 5.41) is 9.61. The van der Waals surface area contributed by atoms with Crippen LogP contribution in [-0.4, -0.2) is 9.97 Å². The minimum atomic E-state index is 0.925. The molecule has 0 saturated heterocycles. The predicted molar refractivity (Wildman–Crippen MR) is 260 cm³/mol. The van der Waals surface area contributed by atoms with Crippen molar-refractivity contribution < 1.29 is 0 Å². The van der Waals surface area contributed by atoms with E-state index >= 15 is 0 Å². The summed E-state index contributed by atoms with van der Waals surface area (Å²) in [4.78, 5) is 12.5. The molecule has 0 aliphatic rings. The van der Waals surface area contributed by atoms with Crippen LogP contribution in [0.1, 0.15) is 0 Å². The van der Waals surface area contributed by atoms with E-state index in [4.69, 9.17) is 9.97 Å². The number of hydrogen-bond acceptors (Lipinski definition) is 3. The lowest BCUT2D eigenvalue weighted by atomic mass is 9.88. The molecule has 0 atom stereocenters. The quantitative estimate of drug-likeness (QED) is 0.157. The number of fused-ring (bicyclic) bond motifs is 7. The highest BCUT2D eigenvalue weighted by Gasteiger charge is 2.25. The lowest BCUT2D eigenvalue weighted by Crippen LogP contribution is -1.91. The molecule has 0 bridgehead atoms. The van der Waals surface area contributed by atoms with E-state index in [1.54, 1.807) is 0 Å². The van der Waals surface area contributed by atoms with E-state index < -0.39 is 0 Å². The SMILES string of the molecule is c1ccc(-c2sc(-c3cc4ccccc4c4ccccc34)c(-c3ccccc3)c2-c2ccc(-c3ccc(-c4ccc5ccc6cccnc6c5n4)c4ccccc34)cc2)cc1. The van der Waals surface area contributed by atoms with Crippen LogP contribution < -0.4 is 0 Å². The van der Waals surface area contributed by atoms with Crippen LogP contribution in [0, 0.1) is 0 Å². The van der Waals surface area contributed by atoms with Crippen LogP contribution in [0.15, 0.2) is 219 Å². The number of aromatic nitrogens is 2. The normalized spacial score (nSPS) is 11.6. The van der Waals surface area contributed by atoms with Crippen molar-refractivity contribution in [3.63, 3.8) is 0 Å². The van der Waals surface area contributed by atoms with Crippen molar-refractivity contribution in [1.29, 1.82) is 0 Å². The molecule has 12 aromatic rings. The zero-order chi connectivity index (χ0) is 40.3. The van der Waals surface area contributed by atoms with Crippen molar-refractivity contribution in [3.8, 4) is 65.5 Å². The molecule has 3 heteroatoms. The first-order valence-corrected chi connectivity index (χ1v) is 21.5. The minimum Gasteiger partial charge on any atom is -0.254 e. The van der Waals surface area contributed by atoms with Gasteiger partial charge in [-0.3, -0.25) is 4.98 Å². The molecular weight excluding hydrogens is 757 g/mol. The van der Waals surface area contributed by atoms with Crippen molar-refractivity contribution in [3.05, 3.63) is 219 Å². The van der Waals surface area contributed by atoms with Crippen LogP contribution in [0.3, 0.4) is 0 Å². The van der Waals surface area contributed by atoms with Gasteiger partial charge in [-0.1, -0.05) is 194 Å². The molecule has 0 saturated carbocycles. The second-order valence-corrected chi connectivity index (χ2v) is 16.6. The number of benzene rings is 9. The standard InChI is InChI=1S/C58H36N2S/c1-3-14-38(15-4-1)54-53(57(42-16-5-2-6-17-42)61-58(54)51-36-43-18-7-8-20-44(43)46-21-10-12-24-49(46)51)39-27-25-37(26-28-39)45-32-33-50(48-23-11-9-22-47(45)48)52-34-31-41-30-29-40-19-13-35-59-55(40)56(41)60-52/h1-36H. The van der Waals surface area contributed by atoms with Gasteiger partial charge in [0.2, 0.25) is 0 Å². The lowest BCUT2D eigenvalue weighted by molar-refractivity contribution is 1.37. The van der Waals surface area contributed by atoms with E-state index in [9.17, 15) is 0 Å². The minimum absolute atomic E-state index is 0.925. The Bertz CT molecular complexity index is 3630. The molecule has 0 aliphatic heterocycles. The molecule has 0 N–H and O–H groups in total. The molecule has 9 aromatic carbocycles. The highest BCUT2D eigenvalue weighted by Crippen LogP contribution is 2.54. The molecule has 0 fully saturated rings. The Morgan fingerprint density at radius 3 is 1.59 bits per heavy atom. The van der Waals surface area contributed by atoms with E-state index in [1.165, 1.54) is 86.6 Å². The van der Waals surface area contributed by atoms with E-state index in [2.05, 4.69) is 206 Å². The molecule has 0 amide bonds. The van der Waals surface area contributed by atoms with Gasteiger partial charge in [0.15, 0.2) is 0 Å². The molecule has 284 valence electrons. The highest BCUT2D eigenvalue weighted by molar-refractivity contribution is 7.20. The first-order chi connectivity index (χ1) is 30.3. The second kappa shape index (κ2) is 14.5. The summed E-state index contributed by atoms with van der Waals surface area (Å²) in [6.45, 7) is 0. The molecule has 0 aliphatic carbocycles. The molecule has 61 heavy (non-hydrogen) atoms. The summed E-state index contributed by atoms with van der Waals surface area (Å²) < 4.78 is 0. The number of rotatable bonds is 6. The molecule has 0 spiro atoms. The Hall–Kier alpha value is -7.72. The van der Waals surface area contributed by atoms with Crippen LogP contribution in [0.25, 0.3) is 120 Å². The van der Waals surface area contributed by atoms with E-state index in [0.29, 0.717) is 0 Å². The van der Waals surface area contributed by atoms with Crippen molar-refractivity contribution in [2.45, 2.75) is 0 Å². The smallest absolute Gasteiger partial charge is 0.0972 e. The largest absolute Gasteiger partial charge is 0.254 e. The summed E-state index contributed by atoms with van der Waals surface area (Å²) in [6, 6.07) is 77.0. The number of hydrogen-bond donors (Lipinski definition) is 0. The third-order valence-electron chi connectivity index (χ3n) is 12.1. The van der Waals surface area contributed by atoms with Gasteiger partial charge >= 0.3 is 0 Å². The van der Waals surface area contributed by atoms with Crippen molar-refractivity contribution in [1.82, 2.24) is 9.97 Å². The lowest BCUT2D eigenvalue weighted by Gasteiger charge is -2.15. The summed E-state index contributed by atoms with van der Waals surface area (Å²) in [5.74, 6) is 0. The topological polar surface area (TPSA) is 25.8 Å².